The molecule has 0 amide bonds. The van der Waals surface area contributed by atoms with Crippen LogP contribution in [-0.2, 0) is 4.74 Å². The van der Waals surface area contributed by atoms with E-state index in [0.29, 0.717) is 41.5 Å². The fourth-order valence-corrected chi connectivity index (χ4v) is 3.47. The molecule has 8 nitrogen and oxygen atoms in total. The van der Waals surface area contributed by atoms with E-state index in [0.717, 1.165) is 30.2 Å². The molecule has 8 heteroatoms. The molecule has 1 unspecified atom stereocenters. The lowest BCUT2D eigenvalue weighted by Gasteiger charge is -2.28. The number of benzene rings is 1. The lowest BCUT2D eigenvalue weighted by molar-refractivity contribution is 0.122. The van der Waals surface area contributed by atoms with E-state index in [9.17, 15) is 5.26 Å². The zero-order chi connectivity index (χ0) is 22.5. The smallest absolute Gasteiger partial charge is 0.138 e. The predicted molar refractivity (Wildman–Crippen MR) is 119 cm³/mol. The largest absolute Gasteiger partial charge is 0.456 e. The highest BCUT2D eigenvalue weighted by Gasteiger charge is 2.16. The molecule has 0 aliphatic carbocycles. The molecule has 2 aromatic heterocycles. The number of pyridine rings is 2. The van der Waals surface area contributed by atoms with Gasteiger partial charge in [0.2, 0.25) is 0 Å². The standard InChI is InChI=1S/C24H22N6O2/c1-16-10-19(12-24(29-16)30-6-8-31-9-7-30)32-23-11-17(13-25)2-4-20(23)22-5-3-18(15-28-22)21(27)14-26/h2-5,10-12,15,21H,6-9,27H2,1H3. The Bertz CT molecular complexity index is 1190. The molecule has 0 saturated carbocycles. The summed E-state index contributed by atoms with van der Waals surface area (Å²) < 4.78 is 11.7. The molecule has 1 atom stereocenters. The molecule has 1 aliphatic rings. The van der Waals surface area contributed by atoms with E-state index >= 15 is 0 Å². The van der Waals surface area contributed by atoms with E-state index in [2.05, 4.69) is 20.9 Å². The van der Waals surface area contributed by atoms with E-state index in [-0.39, 0.29) is 0 Å². The lowest BCUT2D eigenvalue weighted by atomic mass is 10.1. The summed E-state index contributed by atoms with van der Waals surface area (Å²) in [5.41, 5.74) is 9.08. The fraction of sp³-hybridized carbons (Fsp3) is 0.250. The Morgan fingerprint density at radius 2 is 1.94 bits per heavy atom. The van der Waals surface area contributed by atoms with Crippen LogP contribution in [0.15, 0.2) is 48.7 Å². The number of rotatable bonds is 5. The van der Waals surface area contributed by atoms with Crippen LogP contribution in [0.4, 0.5) is 5.82 Å². The van der Waals surface area contributed by atoms with Crippen molar-refractivity contribution in [1.82, 2.24) is 9.97 Å². The molecule has 0 radical (unpaired) electrons. The quantitative estimate of drug-likeness (QED) is 0.658. The van der Waals surface area contributed by atoms with Crippen molar-refractivity contribution >= 4 is 5.82 Å². The van der Waals surface area contributed by atoms with Gasteiger partial charge in [-0.05, 0) is 31.2 Å². The van der Waals surface area contributed by atoms with Crippen molar-refractivity contribution in [2.24, 2.45) is 5.73 Å². The number of nitrogens with two attached hydrogens (primary N) is 1. The molecule has 1 saturated heterocycles. The van der Waals surface area contributed by atoms with Gasteiger partial charge >= 0.3 is 0 Å². The average Bonchev–Trinajstić information content (AvgIpc) is 2.84. The second-order valence-corrected chi connectivity index (χ2v) is 7.41. The summed E-state index contributed by atoms with van der Waals surface area (Å²) in [6.45, 7) is 4.79. The van der Waals surface area contributed by atoms with Gasteiger partial charge in [-0.1, -0.05) is 6.07 Å². The van der Waals surface area contributed by atoms with Crippen LogP contribution in [0.25, 0.3) is 11.3 Å². The summed E-state index contributed by atoms with van der Waals surface area (Å²) in [4.78, 5) is 11.3. The Hall–Kier alpha value is -3.98. The van der Waals surface area contributed by atoms with Gasteiger partial charge in [-0.2, -0.15) is 10.5 Å². The second-order valence-electron chi connectivity index (χ2n) is 7.41. The first kappa shape index (κ1) is 21.3. The number of aryl methyl sites for hydroxylation is 1. The molecule has 4 rings (SSSR count). The second kappa shape index (κ2) is 9.44. The Balaban J connectivity index is 1.69. The average molecular weight is 426 g/mol. The van der Waals surface area contributed by atoms with Crippen molar-refractivity contribution in [2.75, 3.05) is 31.2 Å². The van der Waals surface area contributed by atoms with E-state index in [1.807, 2.05) is 25.1 Å². The van der Waals surface area contributed by atoms with Gasteiger partial charge in [-0.3, -0.25) is 4.98 Å². The van der Waals surface area contributed by atoms with Crippen LogP contribution in [-0.4, -0.2) is 36.3 Å². The Morgan fingerprint density at radius 3 is 2.62 bits per heavy atom. The summed E-state index contributed by atoms with van der Waals surface area (Å²) >= 11 is 0. The summed E-state index contributed by atoms with van der Waals surface area (Å²) in [6.07, 6.45) is 1.58. The zero-order valence-corrected chi connectivity index (χ0v) is 17.7. The maximum absolute atomic E-state index is 9.38. The number of morpholine rings is 1. The van der Waals surface area contributed by atoms with Gasteiger partial charge in [0.25, 0.3) is 0 Å². The van der Waals surface area contributed by atoms with Gasteiger partial charge in [-0.15, -0.1) is 0 Å². The highest BCUT2D eigenvalue weighted by molar-refractivity contribution is 5.69. The molecule has 160 valence electrons. The highest BCUT2D eigenvalue weighted by Crippen LogP contribution is 2.35. The number of nitriles is 2. The van der Waals surface area contributed by atoms with Crippen LogP contribution < -0.4 is 15.4 Å². The molecule has 1 fully saturated rings. The minimum Gasteiger partial charge on any atom is -0.456 e. The summed E-state index contributed by atoms with van der Waals surface area (Å²) in [5.74, 6) is 1.96. The summed E-state index contributed by atoms with van der Waals surface area (Å²) in [7, 11) is 0. The maximum atomic E-state index is 9.38. The highest BCUT2D eigenvalue weighted by atomic mass is 16.5. The van der Waals surface area contributed by atoms with E-state index < -0.39 is 6.04 Å². The van der Waals surface area contributed by atoms with Gasteiger partial charge < -0.3 is 20.1 Å². The van der Waals surface area contributed by atoms with E-state index in [1.54, 1.807) is 36.5 Å². The molecular weight excluding hydrogens is 404 g/mol. The van der Waals surface area contributed by atoms with Crippen molar-refractivity contribution in [3.05, 3.63) is 65.5 Å². The van der Waals surface area contributed by atoms with Gasteiger partial charge in [-0.25, -0.2) is 4.98 Å². The third-order valence-electron chi connectivity index (χ3n) is 5.15. The van der Waals surface area contributed by atoms with Crippen LogP contribution in [0.1, 0.15) is 22.9 Å². The van der Waals surface area contributed by atoms with Crippen molar-refractivity contribution in [1.29, 1.82) is 10.5 Å². The number of aromatic nitrogens is 2. The molecule has 2 N–H and O–H groups in total. The molecule has 0 spiro atoms. The number of hydrogen-bond acceptors (Lipinski definition) is 8. The van der Waals surface area contributed by atoms with Crippen LogP contribution in [0.2, 0.25) is 0 Å². The van der Waals surface area contributed by atoms with Gasteiger partial charge in [0, 0.05) is 48.2 Å². The minimum absolute atomic E-state index is 0.478. The molecule has 1 aromatic carbocycles. The van der Waals surface area contributed by atoms with E-state index in [1.165, 1.54) is 0 Å². The van der Waals surface area contributed by atoms with Crippen molar-refractivity contribution in [3.63, 3.8) is 0 Å². The number of anilines is 1. The topological polar surface area (TPSA) is 121 Å². The van der Waals surface area contributed by atoms with Crippen LogP contribution in [0.5, 0.6) is 11.5 Å². The lowest BCUT2D eigenvalue weighted by Crippen LogP contribution is -2.36. The summed E-state index contributed by atoms with van der Waals surface area (Å²) in [6, 6.07) is 15.9. The van der Waals surface area contributed by atoms with Crippen LogP contribution in [0.3, 0.4) is 0 Å². The van der Waals surface area contributed by atoms with Crippen molar-refractivity contribution < 1.29 is 9.47 Å². The minimum atomic E-state index is -0.730. The van der Waals surface area contributed by atoms with Gasteiger partial charge in [0.15, 0.2) is 0 Å². The van der Waals surface area contributed by atoms with Crippen molar-refractivity contribution in [3.8, 4) is 34.9 Å². The monoisotopic (exact) mass is 426 g/mol. The molecule has 0 bridgehead atoms. The first-order valence-electron chi connectivity index (χ1n) is 10.2. The molecule has 1 aliphatic heterocycles. The molecule has 32 heavy (non-hydrogen) atoms. The Morgan fingerprint density at radius 1 is 1.12 bits per heavy atom. The number of nitrogens with zero attached hydrogens (tertiary/aromatic N) is 5. The van der Waals surface area contributed by atoms with Crippen LogP contribution >= 0.6 is 0 Å². The molecular formula is C24H22N6O2. The third-order valence-corrected chi connectivity index (χ3v) is 5.15. The fourth-order valence-electron chi connectivity index (χ4n) is 3.47. The Labute approximate surface area is 186 Å². The first-order chi connectivity index (χ1) is 15.6. The maximum Gasteiger partial charge on any atom is 0.138 e. The molecule has 3 heterocycles. The van der Waals surface area contributed by atoms with Crippen LogP contribution in [0, 0.1) is 29.6 Å². The van der Waals surface area contributed by atoms with Gasteiger partial charge in [0.05, 0.1) is 36.6 Å². The number of ether oxygens (including phenoxy) is 2. The Kier molecular flexibility index (Phi) is 6.27. The van der Waals surface area contributed by atoms with Crippen molar-refractivity contribution in [2.45, 2.75) is 13.0 Å². The van der Waals surface area contributed by atoms with E-state index in [4.69, 9.17) is 20.5 Å². The predicted octanol–water partition coefficient (Wildman–Crippen LogP) is 3.48. The van der Waals surface area contributed by atoms with Gasteiger partial charge in [0.1, 0.15) is 23.4 Å². The zero-order valence-electron chi connectivity index (χ0n) is 17.7. The first-order valence-corrected chi connectivity index (χ1v) is 10.2. The third kappa shape index (κ3) is 4.68. The normalized spacial score (nSPS) is 14.3. The summed E-state index contributed by atoms with van der Waals surface area (Å²) in [5, 5.41) is 18.4. The number of hydrogen-bond donors (Lipinski definition) is 1. The SMILES string of the molecule is Cc1cc(Oc2cc(C#N)ccc2-c2ccc(C(N)C#N)cn2)cc(N2CCOCC2)n1. The molecule has 3 aromatic rings.